The van der Waals surface area contributed by atoms with Gasteiger partial charge in [-0.1, -0.05) is 13.8 Å². The number of nitrogens with one attached hydrogen (secondary N) is 2. The molecule has 0 spiro atoms. The van der Waals surface area contributed by atoms with Crippen molar-refractivity contribution in [3.05, 3.63) is 18.2 Å². The Balaban J connectivity index is 2.71. The van der Waals surface area contributed by atoms with E-state index in [-0.39, 0.29) is 12.5 Å². The number of aromatic amines is 1. The van der Waals surface area contributed by atoms with E-state index in [2.05, 4.69) is 15.3 Å². The van der Waals surface area contributed by atoms with Crippen molar-refractivity contribution in [2.24, 2.45) is 0 Å². The van der Waals surface area contributed by atoms with Gasteiger partial charge in [0.2, 0.25) is 0 Å². The molecule has 0 unspecified atom stereocenters. The summed E-state index contributed by atoms with van der Waals surface area (Å²) in [6, 6.07) is 0. The van der Waals surface area contributed by atoms with Crippen LogP contribution in [0.4, 0.5) is 0 Å². The van der Waals surface area contributed by atoms with Crippen LogP contribution in [0, 0.1) is 0 Å². The summed E-state index contributed by atoms with van der Waals surface area (Å²) < 4.78 is 0. The van der Waals surface area contributed by atoms with E-state index in [9.17, 15) is 9.90 Å². The van der Waals surface area contributed by atoms with Gasteiger partial charge in [-0.15, -0.1) is 0 Å². The number of carbonyl (C=O) groups excluding carboxylic acids is 1. The average Bonchev–Trinajstić information content (AvgIpc) is 2.79. The fraction of sp³-hybridized carbons (Fsp3) is 0.600. The lowest BCUT2D eigenvalue weighted by molar-refractivity contribution is 0.0813. The summed E-state index contributed by atoms with van der Waals surface area (Å²) in [4.78, 5) is 18.2. The molecule has 1 aromatic rings. The summed E-state index contributed by atoms with van der Waals surface area (Å²) in [7, 11) is 0. The first kappa shape index (κ1) is 11.7. The molecule has 0 radical (unpaired) electrons. The normalized spacial score (nSPS) is 11.4. The molecular weight excluding hydrogens is 194 g/mol. The lowest BCUT2D eigenvalue weighted by Crippen LogP contribution is -2.50. The monoisotopic (exact) mass is 211 g/mol. The number of imidazole rings is 1. The lowest BCUT2D eigenvalue weighted by atomic mass is 9.94. The zero-order valence-electron chi connectivity index (χ0n) is 9.08. The first-order chi connectivity index (χ1) is 7.17. The van der Waals surface area contributed by atoms with Gasteiger partial charge in [-0.3, -0.25) is 4.79 Å². The van der Waals surface area contributed by atoms with Crippen molar-refractivity contribution < 1.29 is 9.90 Å². The topological polar surface area (TPSA) is 78.0 Å². The summed E-state index contributed by atoms with van der Waals surface area (Å²) in [5.74, 6) is -0.231. The van der Waals surface area contributed by atoms with Gasteiger partial charge < -0.3 is 15.4 Å². The van der Waals surface area contributed by atoms with Crippen LogP contribution >= 0.6 is 0 Å². The molecule has 0 atom stereocenters. The van der Waals surface area contributed by atoms with Crippen LogP contribution in [0.3, 0.4) is 0 Å². The number of H-pyrrole nitrogens is 1. The molecule has 0 fully saturated rings. The van der Waals surface area contributed by atoms with Crippen molar-refractivity contribution in [1.29, 1.82) is 0 Å². The van der Waals surface area contributed by atoms with Crippen molar-refractivity contribution >= 4 is 5.91 Å². The molecule has 1 rings (SSSR count). The van der Waals surface area contributed by atoms with Crippen LogP contribution in [0.2, 0.25) is 0 Å². The van der Waals surface area contributed by atoms with Crippen molar-refractivity contribution in [2.45, 2.75) is 32.2 Å². The number of amides is 1. The van der Waals surface area contributed by atoms with Crippen molar-refractivity contribution in [3.63, 3.8) is 0 Å². The number of aromatic nitrogens is 2. The molecule has 0 aliphatic heterocycles. The highest BCUT2D eigenvalue weighted by atomic mass is 16.3. The smallest absolute Gasteiger partial charge is 0.269 e. The predicted octanol–water partition coefficient (Wildman–Crippen LogP) is 0.691. The minimum atomic E-state index is -0.526. The molecular formula is C10H17N3O2. The summed E-state index contributed by atoms with van der Waals surface area (Å²) >= 11 is 0. The predicted molar refractivity (Wildman–Crippen MR) is 56.5 cm³/mol. The molecule has 5 nitrogen and oxygen atoms in total. The third kappa shape index (κ3) is 2.56. The molecule has 1 heterocycles. The zero-order valence-corrected chi connectivity index (χ0v) is 9.08. The standard InChI is InChI=1S/C10H17N3O2/c1-3-10(4-2,6-14)13-9(15)8-5-11-7-12-8/h5,7,14H,3-4,6H2,1-2H3,(H,11,12)(H,13,15). The fourth-order valence-corrected chi connectivity index (χ4v) is 1.38. The highest BCUT2D eigenvalue weighted by Crippen LogP contribution is 2.14. The van der Waals surface area contributed by atoms with E-state index in [0.717, 1.165) is 0 Å². The van der Waals surface area contributed by atoms with Gasteiger partial charge in [-0.05, 0) is 12.8 Å². The van der Waals surface area contributed by atoms with Gasteiger partial charge in [-0.2, -0.15) is 0 Å². The Labute approximate surface area is 88.9 Å². The minimum Gasteiger partial charge on any atom is -0.394 e. The Morgan fingerprint density at radius 2 is 2.27 bits per heavy atom. The molecule has 0 saturated carbocycles. The highest BCUT2D eigenvalue weighted by molar-refractivity contribution is 5.92. The second-order valence-electron chi connectivity index (χ2n) is 3.56. The molecule has 0 aliphatic carbocycles. The Bertz CT molecular complexity index is 296. The van der Waals surface area contributed by atoms with Gasteiger partial charge in [0.05, 0.1) is 24.7 Å². The fourth-order valence-electron chi connectivity index (χ4n) is 1.38. The van der Waals surface area contributed by atoms with Crippen LogP contribution in [0.5, 0.6) is 0 Å². The Hall–Kier alpha value is -1.36. The van der Waals surface area contributed by atoms with E-state index >= 15 is 0 Å². The van der Waals surface area contributed by atoms with Gasteiger partial charge in [-0.25, -0.2) is 4.98 Å². The molecule has 84 valence electrons. The van der Waals surface area contributed by atoms with Crippen molar-refractivity contribution in [2.75, 3.05) is 6.61 Å². The van der Waals surface area contributed by atoms with E-state index in [1.807, 2.05) is 13.8 Å². The highest BCUT2D eigenvalue weighted by Gasteiger charge is 2.27. The summed E-state index contributed by atoms with van der Waals surface area (Å²) in [5.41, 5.74) is -0.114. The number of aliphatic hydroxyl groups is 1. The van der Waals surface area contributed by atoms with E-state index < -0.39 is 5.54 Å². The Morgan fingerprint density at radius 1 is 1.60 bits per heavy atom. The maximum Gasteiger partial charge on any atom is 0.269 e. The van der Waals surface area contributed by atoms with Crippen LogP contribution in [0.15, 0.2) is 12.5 Å². The number of rotatable bonds is 5. The van der Waals surface area contributed by atoms with Crippen LogP contribution in [0.25, 0.3) is 0 Å². The van der Waals surface area contributed by atoms with Crippen LogP contribution < -0.4 is 5.32 Å². The maximum atomic E-state index is 11.7. The van der Waals surface area contributed by atoms with Gasteiger partial charge in [0.15, 0.2) is 0 Å². The molecule has 5 heteroatoms. The molecule has 0 aromatic carbocycles. The Kier molecular flexibility index (Phi) is 3.85. The third-order valence-electron chi connectivity index (χ3n) is 2.78. The summed E-state index contributed by atoms with van der Waals surface area (Å²) in [6.45, 7) is 3.82. The number of hydrogen-bond donors (Lipinski definition) is 3. The Morgan fingerprint density at radius 3 is 2.67 bits per heavy atom. The van der Waals surface area contributed by atoms with Crippen LogP contribution in [-0.4, -0.2) is 33.1 Å². The SMILES string of the molecule is CCC(CC)(CO)NC(=O)c1cnc[nH]1. The largest absolute Gasteiger partial charge is 0.394 e. The quantitative estimate of drug-likeness (QED) is 0.670. The number of hydrogen-bond acceptors (Lipinski definition) is 3. The number of aliphatic hydroxyl groups excluding tert-OH is 1. The third-order valence-corrected chi connectivity index (χ3v) is 2.78. The number of carbonyl (C=O) groups is 1. The van der Waals surface area contributed by atoms with Gasteiger partial charge in [0.1, 0.15) is 5.69 Å². The van der Waals surface area contributed by atoms with Crippen molar-refractivity contribution in [1.82, 2.24) is 15.3 Å². The zero-order chi connectivity index (χ0) is 11.3. The molecule has 0 saturated heterocycles. The molecule has 3 N–H and O–H groups in total. The summed E-state index contributed by atoms with van der Waals surface area (Å²) in [6.07, 6.45) is 4.30. The van der Waals surface area contributed by atoms with Crippen LogP contribution in [-0.2, 0) is 0 Å². The second kappa shape index (κ2) is 4.93. The van der Waals surface area contributed by atoms with E-state index in [0.29, 0.717) is 18.5 Å². The van der Waals surface area contributed by atoms with Crippen molar-refractivity contribution in [3.8, 4) is 0 Å². The molecule has 1 amide bonds. The van der Waals surface area contributed by atoms with Gasteiger partial charge >= 0.3 is 0 Å². The molecule has 1 aromatic heterocycles. The lowest BCUT2D eigenvalue weighted by Gasteiger charge is -2.30. The summed E-state index contributed by atoms with van der Waals surface area (Å²) in [5, 5.41) is 12.1. The first-order valence-electron chi connectivity index (χ1n) is 5.09. The minimum absolute atomic E-state index is 0.0557. The van der Waals surface area contributed by atoms with E-state index in [4.69, 9.17) is 0 Å². The van der Waals surface area contributed by atoms with Gasteiger partial charge in [0, 0.05) is 0 Å². The van der Waals surface area contributed by atoms with Gasteiger partial charge in [0.25, 0.3) is 5.91 Å². The molecule has 0 aliphatic rings. The average molecular weight is 211 g/mol. The van der Waals surface area contributed by atoms with E-state index in [1.165, 1.54) is 12.5 Å². The maximum absolute atomic E-state index is 11.7. The number of nitrogens with zero attached hydrogens (tertiary/aromatic N) is 1. The van der Waals surface area contributed by atoms with E-state index in [1.54, 1.807) is 0 Å². The molecule has 15 heavy (non-hydrogen) atoms. The molecule has 0 bridgehead atoms. The second-order valence-corrected chi connectivity index (χ2v) is 3.56. The first-order valence-corrected chi connectivity index (χ1v) is 5.09. The van der Waals surface area contributed by atoms with Crippen LogP contribution in [0.1, 0.15) is 37.2 Å².